The van der Waals surface area contributed by atoms with Gasteiger partial charge in [-0.3, -0.25) is 4.79 Å². The van der Waals surface area contributed by atoms with Crippen LogP contribution in [0.15, 0.2) is 42.6 Å². The van der Waals surface area contributed by atoms with E-state index in [1.165, 1.54) is 5.56 Å². The van der Waals surface area contributed by atoms with Crippen molar-refractivity contribution >= 4 is 17.3 Å². The van der Waals surface area contributed by atoms with Gasteiger partial charge in [0.2, 0.25) is 0 Å². The number of carbonyl (C=O) groups is 1. The summed E-state index contributed by atoms with van der Waals surface area (Å²) >= 11 is 0. The molecule has 0 radical (unpaired) electrons. The van der Waals surface area contributed by atoms with Crippen LogP contribution in [0.4, 0.5) is 11.4 Å². The molecule has 1 aliphatic rings. The number of anilines is 2. The third-order valence-electron chi connectivity index (χ3n) is 4.96. The third-order valence-corrected chi connectivity index (χ3v) is 4.96. The highest BCUT2D eigenvalue weighted by molar-refractivity contribution is 5.92. The summed E-state index contributed by atoms with van der Waals surface area (Å²) in [5.41, 5.74) is 3.73. The van der Waals surface area contributed by atoms with Gasteiger partial charge >= 0.3 is 0 Å². The summed E-state index contributed by atoms with van der Waals surface area (Å²) in [5, 5.41) is 3.34. The zero-order chi connectivity index (χ0) is 18.5. The SMILES string of the molecule is CCN1CCN(C(=O)c2ccc(Nc3ccc(C(C)C)cc3)cn2)CC1. The lowest BCUT2D eigenvalue weighted by Crippen LogP contribution is -2.48. The number of likely N-dealkylation sites (N-methyl/N-ethyl adjacent to an activating group) is 1. The lowest BCUT2D eigenvalue weighted by molar-refractivity contribution is 0.0637. The first-order valence-electron chi connectivity index (χ1n) is 9.41. The Morgan fingerprint density at radius 3 is 2.23 bits per heavy atom. The number of hydrogen-bond acceptors (Lipinski definition) is 4. The molecule has 3 rings (SSSR count). The van der Waals surface area contributed by atoms with E-state index >= 15 is 0 Å². The largest absolute Gasteiger partial charge is 0.354 e. The molecular formula is C21H28N4O. The van der Waals surface area contributed by atoms with Gasteiger partial charge in [-0.1, -0.05) is 32.9 Å². The molecule has 0 unspecified atom stereocenters. The van der Waals surface area contributed by atoms with Crippen LogP contribution in [-0.4, -0.2) is 53.4 Å². The Kier molecular flexibility index (Phi) is 5.89. The fourth-order valence-corrected chi connectivity index (χ4v) is 3.14. The van der Waals surface area contributed by atoms with E-state index in [-0.39, 0.29) is 5.91 Å². The van der Waals surface area contributed by atoms with Crippen molar-refractivity contribution in [2.24, 2.45) is 0 Å². The van der Waals surface area contributed by atoms with Crippen LogP contribution in [0.5, 0.6) is 0 Å². The maximum absolute atomic E-state index is 12.6. The molecule has 2 heterocycles. The summed E-state index contributed by atoms with van der Waals surface area (Å²) in [6.07, 6.45) is 1.73. The Balaban J connectivity index is 1.60. The van der Waals surface area contributed by atoms with Crippen molar-refractivity contribution < 1.29 is 4.79 Å². The molecule has 1 aliphatic heterocycles. The molecule has 2 aromatic rings. The number of nitrogens with one attached hydrogen (secondary N) is 1. The van der Waals surface area contributed by atoms with Gasteiger partial charge in [-0.05, 0) is 42.3 Å². The highest BCUT2D eigenvalue weighted by Gasteiger charge is 2.22. The lowest BCUT2D eigenvalue weighted by Gasteiger charge is -2.33. The number of benzene rings is 1. The topological polar surface area (TPSA) is 48.5 Å². The third kappa shape index (κ3) is 4.41. The predicted molar refractivity (Wildman–Crippen MR) is 106 cm³/mol. The second-order valence-electron chi connectivity index (χ2n) is 7.06. The van der Waals surface area contributed by atoms with Crippen LogP contribution in [0.25, 0.3) is 0 Å². The number of nitrogens with zero attached hydrogens (tertiary/aromatic N) is 3. The van der Waals surface area contributed by atoms with Crippen LogP contribution in [0.3, 0.4) is 0 Å². The van der Waals surface area contributed by atoms with Gasteiger partial charge in [0.05, 0.1) is 11.9 Å². The lowest BCUT2D eigenvalue weighted by atomic mass is 10.0. The fourth-order valence-electron chi connectivity index (χ4n) is 3.14. The van der Waals surface area contributed by atoms with E-state index in [0.717, 1.165) is 44.1 Å². The molecular weight excluding hydrogens is 324 g/mol. The van der Waals surface area contributed by atoms with Gasteiger partial charge in [0, 0.05) is 31.9 Å². The molecule has 5 heteroatoms. The molecule has 0 aliphatic carbocycles. The molecule has 1 amide bonds. The molecule has 1 saturated heterocycles. The highest BCUT2D eigenvalue weighted by Crippen LogP contribution is 2.20. The molecule has 0 atom stereocenters. The molecule has 26 heavy (non-hydrogen) atoms. The van der Waals surface area contributed by atoms with Gasteiger partial charge in [-0.2, -0.15) is 0 Å². The maximum atomic E-state index is 12.6. The van der Waals surface area contributed by atoms with Gasteiger partial charge in [0.25, 0.3) is 5.91 Å². The zero-order valence-electron chi connectivity index (χ0n) is 15.9. The number of carbonyl (C=O) groups excluding carboxylic acids is 1. The van der Waals surface area contributed by atoms with Gasteiger partial charge in [0.15, 0.2) is 0 Å². The molecule has 1 N–H and O–H groups in total. The van der Waals surface area contributed by atoms with Crippen LogP contribution in [0, 0.1) is 0 Å². The van der Waals surface area contributed by atoms with E-state index in [0.29, 0.717) is 11.6 Å². The number of pyridine rings is 1. The van der Waals surface area contributed by atoms with Gasteiger partial charge in [-0.15, -0.1) is 0 Å². The van der Waals surface area contributed by atoms with Crippen LogP contribution in [-0.2, 0) is 0 Å². The number of piperazine rings is 1. The zero-order valence-corrected chi connectivity index (χ0v) is 15.9. The van der Waals surface area contributed by atoms with Gasteiger partial charge in [0.1, 0.15) is 5.69 Å². The van der Waals surface area contributed by atoms with Crippen LogP contribution in [0.2, 0.25) is 0 Å². The first-order chi connectivity index (χ1) is 12.6. The summed E-state index contributed by atoms with van der Waals surface area (Å²) < 4.78 is 0. The summed E-state index contributed by atoms with van der Waals surface area (Å²) in [6, 6.07) is 12.1. The van der Waals surface area contributed by atoms with E-state index in [1.54, 1.807) is 12.3 Å². The molecule has 1 fully saturated rings. The van der Waals surface area contributed by atoms with Crippen molar-refractivity contribution in [3.63, 3.8) is 0 Å². The standard InChI is InChI=1S/C21H28N4O/c1-4-24-11-13-25(14-12-24)21(26)20-10-9-19(15-22-20)23-18-7-5-17(6-8-18)16(2)3/h5-10,15-16,23H,4,11-14H2,1-3H3. The molecule has 1 aromatic carbocycles. The van der Waals surface area contributed by atoms with Crippen molar-refractivity contribution in [3.05, 3.63) is 53.9 Å². The number of rotatable bonds is 5. The van der Waals surface area contributed by atoms with Crippen molar-refractivity contribution in [2.45, 2.75) is 26.7 Å². The quantitative estimate of drug-likeness (QED) is 0.891. The minimum Gasteiger partial charge on any atom is -0.354 e. The van der Waals surface area contributed by atoms with Crippen LogP contribution in [0.1, 0.15) is 42.7 Å². The van der Waals surface area contributed by atoms with E-state index in [9.17, 15) is 4.79 Å². The van der Waals surface area contributed by atoms with Crippen LogP contribution >= 0.6 is 0 Å². The number of hydrogen-bond donors (Lipinski definition) is 1. The maximum Gasteiger partial charge on any atom is 0.272 e. The van der Waals surface area contributed by atoms with Crippen molar-refractivity contribution in [1.29, 1.82) is 0 Å². The Labute approximate surface area is 156 Å². The van der Waals surface area contributed by atoms with Gasteiger partial charge < -0.3 is 15.1 Å². The van der Waals surface area contributed by atoms with Crippen LogP contribution < -0.4 is 5.32 Å². The second-order valence-corrected chi connectivity index (χ2v) is 7.06. The minimum atomic E-state index is 0.0218. The van der Waals surface area contributed by atoms with Gasteiger partial charge in [-0.25, -0.2) is 4.98 Å². The predicted octanol–water partition coefficient (Wildman–Crippen LogP) is 3.73. The summed E-state index contributed by atoms with van der Waals surface area (Å²) in [5.74, 6) is 0.545. The Hall–Kier alpha value is -2.40. The summed E-state index contributed by atoms with van der Waals surface area (Å²) in [7, 11) is 0. The van der Waals surface area contributed by atoms with Crippen molar-refractivity contribution in [2.75, 3.05) is 38.0 Å². The Morgan fingerprint density at radius 1 is 1.04 bits per heavy atom. The first-order valence-corrected chi connectivity index (χ1v) is 9.41. The number of aromatic nitrogens is 1. The fraction of sp³-hybridized carbons (Fsp3) is 0.429. The highest BCUT2D eigenvalue weighted by atomic mass is 16.2. The van der Waals surface area contributed by atoms with Crippen molar-refractivity contribution in [1.82, 2.24) is 14.8 Å². The summed E-state index contributed by atoms with van der Waals surface area (Å²) in [6.45, 7) is 11.0. The molecule has 1 aromatic heterocycles. The molecule has 0 bridgehead atoms. The van der Waals surface area contributed by atoms with E-state index in [2.05, 4.69) is 60.2 Å². The minimum absolute atomic E-state index is 0.0218. The molecule has 0 spiro atoms. The van der Waals surface area contributed by atoms with Crippen molar-refractivity contribution in [3.8, 4) is 0 Å². The molecule has 0 saturated carbocycles. The Morgan fingerprint density at radius 2 is 1.69 bits per heavy atom. The summed E-state index contributed by atoms with van der Waals surface area (Å²) in [4.78, 5) is 21.2. The van der Waals surface area contributed by atoms with E-state index in [4.69, 9.17) is 0 Å². The Bertz CT molecular complexity index is 717. The average Bonchev–Trinajstić information content (AvgIpc) is 2.68. The number of amides is 1. The monoisotopic (exact) mass is 352 g/mol. The molecule has 138 valence electrons. The van der Waals surface area contributed by atoms with E-state index < -0.39 is 0 Å². The normalized spacial score (nSPS) is 15.3. The smallest absolute Gasteiger partial charge is 0.272 e. The average molecular weight is 352 g/mol. The molecule has 5 nitrogen and oxygen atoms in total. The second kappa shape index (κ2) is 8.32. The van der Waals surface area contributed by atoms with E-state index in [1.807, 2.05) is 11.0 Å². The first kappa shape index (κ1) is 18.4.